The highest BCUT2D eigenvalue weighted by Crippen LogP contribution is 2.45. The van der Waals surface area contributed by atoms with Crippen molar-refractivity contribution in [3.63, 3.8) is 0 Å². The van der Waals surface area contributed by atoms with Crippen molar-refractivity contribution in [2.45, 2.75) is 68.5 Å². The molecule has 2 aliphatic heterocycles. The second kappa shape index (κ2) is 11.5. The summed E-state index contributed by atoms with van der Waals surface area (Å²) in [6, 6.07) is 15.0. The van der Waals surface area contributed by atoms with Crippen molar-refractivity contribution in [2.75, 3.05) is 9.80 Å². The first-order valence-electron chi connectivity index (χ1n) is 14.0. The highest BCUT2D eigenvalue weighted by Gasteiger charge is 2.56. The summed E-state index contributed by atoms with van der Waals surface area (Å²) in [5.74, 6) is -3.86. The van der Waals surface area contributed by atoms with Crippen LogP contribution in [0.4, 0.5) is 24.7 Å². The van der Waals surface area contributed by atoms with Crippen LogP contribution in [-0.4, -0.2) is 47.1 Å². The highest BCUT2D eigenvalue weighted by molar-refractivity contribution is 6.31. The van der Waals surface area contributed by atoms with E-state index < -0.39 is 60.9 Å². The number of amides is 2. The van der Waals surface area contributed by atoms with Gasteiger partial charge in [0.15, 0.2) is 6.23 Å². The third-order valence-corrected chi connectivity index (χ3v) is 8.38. The topological polar surface area (TPSA) is 102 Å². The van der Waals surface area contributed by atoms with Crippen molar-refractivity contribution in [1.82, 2.24) is 10.3 Å². The first-order valence-corrected chi connectivity index (χ1v) is 14.3. The maximum atomic E-state index is 14.6. The van der Waals surface area contributed by atoms with E-state index in [1.54, 1.807) is 41.3 Å². The van der Waals surface area contributed by atoms with Gasteiger partial charge in [0.1, 0.15) is 23.8 Å². The first-order chi connectivity index (χ1) is 20.6. The second-order valence-electron chi connectivity index (χ2n) is 11.0. The smallest absolute Gasteiger partial charge is 0.252 e. The number of hydrogen-bond acceptors (Lipinski definition) is 6. The van der Waals surface area contributed by atoms with Crippen LogP contribution in [0.5, 0.6) is 0 Å². The van der Waals surface area contributed by atoms with Gasteiger partial charge >= 0.3 is 0 Å². The largest absolute Gasteiger partial charge is 0.351 e. The summed E-state index contributed by atoms with van der Waals surface area (Å²) in [7, 11) is 0. The number of alkyl halides is 2. The van der Waals surface area contributed by atoms with Crippen LogP contribution in [0.15, 0.2) is 66.9 Å². The molecule has 0 radical (unpaired) electrons. The minimum Gasteiger partial charge on any atom is -0.351 e. The van der Waals surface area contributed by atoms with E-state index in [2.05, 4.69) is 16.4 Å². The minimum absolute atomic E-state index is 0.184. The molecule has 3 fully saturated rings. The Morgan fingerprint density at radius 3 is 2.70 bits per heavy atom. The summed E-state index contributed by atoms with van der Waals surface area (Å²) in [5.41, 5.74) is 1.03. The molecule has 1 N–H and O–H groups in total. The van der Waals surface area contributed by atoms with Crippen molar-refractivity contribution in [3.05, 3.63) is 88.8 Å². The molecule has 3 aromatic rings. The summed E-state index contributed by atoms with van der Waals surface area (Å²) in [6.07, 6.45) is 0.502. The Kier molecular flexibility index (Phi) is 7.75. The average Bonchev–Trinajstić information content (AvgIpc) is 3.75. The second-order valence-corrected chi connectivity index (χ2v) is 11.4. The fourth-order valence-corrected chi connectivity index (χ4v) is 6.22. The molecule has 6 rings (SSSR count). The molecule has 2 aromatic carbocycles. The number of benzene rings is 2. The van der Waals surface area contributed by atoms with Crippen molar-refractivity contribution < 1.29 is 27.5 Å². The first kappa shape index (κ1) is 29.0. The number of hydrogen-bond donors (Lipinski definition) is 1. The number of anilines is 2. The predicted molar refractivity (Wildman–Crippen MR) is 152 cm³/mol. The van der Waals surface area contributed by atoms with Crippen molar-refractivity contribution in [1.29, 1.82) is 5.26 Å². The molecular weight excluding hydrogens is 583 g/mol. The Morgan fingerprint density at radius 1 is 1.19 bits per heavy atom. The lowest BCUT2D eigenvalue weighted by atomic mass is 9.87. The molecule has 0 spiro atoms. The van der Waals surface area contributed by atoms with Gasteiger partial charge in [0.2, 0.25) is 11.8 Å². The molecule has 2 saturated heterocycles. The number of nitrogens with zero attached hydrogens (tertiary/aromatic N) is 4. The van der Waals surface area contributed by atoms with E-state index >= 15 is 0 Å². The molecule has 1 saturated carbocycles. The number of pyridine rings is 1. The van der Waals surface area contributed by atoms with Gasteiger partial charge in [-0.1, -0.05) is 35.9 Å². The van der Waals surface area contributed by atoms with Crippen LogP contribution in [0.2, 0.25) is 5.02 Å². The Balaban J connectivity index is 1.38. The molecule has 1 aromatic heterocycles. The number of epoxide rings is 1. The van der Waals surface area contributed by atoms with E-state index in [9.17, 15) is 28.0 Å². The zero-order valence-corrected chi connectivity index (χ0v) is 23.6. The highest BCUT2D eigenvalue weighted by atomic mass is 35.5. The maximum Gasteiger partial charge on any atom is 0.252 e. The number of rotatable bonds is 8. The molecule has 43 heavy (non-hydrogen) atoms. The molecule has 222 valence electrons. The van der Waals surface area contributed by atoms with Crippen LogP contribution < -0.4 is 15.1 Å². The normalized spacial score (nSPS) is 23.6. The van der Waals surface area contributed by atoms with Crippen molar-refractivity contribution in [3.8, 4) is 6.07 Å². The fraction of sp³-hybridized carbons (Fsp3) is 0.355. The number of nitrogens with one attached hydrogen (secondary N) is 1. The number of aromatic nitrogens is 1. The number of piperidine rings is 1. The van der Waals surface area contributed by atoms with Crippen LogP contribution in [0.1, 0.15) is 49.3 Å². The Labute approximate surface area is 251 Å². The summed E-state index contributed by atoms with van der Waals surface area (Å²) < 4.78 is 48.1. The van der Waals surface area contributed by atoms with Gasteiger partial charge in [0, 0.05) is 47.8 Å². The fourth-order valence-electron chi connectivity index (χ4n) is 5.98. The third kappa shape index (κ3) is 5.90. The minimum atomic E-state index is -2.85. The van der Waals surface area contributed by atoms with Crippen LogP contribution >= 0.6 is 11.6 Å². The summed E-state index contributed by atoms with van der Waals surface area (Å²) in [4.78, 5) is 34.6. The monoisotopic (exact) mass is 609 g/mol. The maximum absolute atomic E-state index is 14.6. The number of nitriles is 1. The van der Waals surface area contributed by atoms with E-state index in [-0.39, 0.29) is 17.4 Å². The van der Waals surface area contributed by atoms with E-state index in [4.69, 9.17) is 16.3 Å². The van der Waals surface area contributed by atoms with Gasteiger partial charge in [-0.3, -0.25) is 14.5 Å². The standard InChI is InChI=1S/C31H27ClF3N5O3/c32-23-8-2-1-7-22(23)27(29(42)38-20-15-31(34,35)16-20)39(21-6-3-5-19(33)14-21)30-28(43-30)24-9-4-10-26(41)40(24)25-13-18(17-36)11-12-37-25/h1-3,5-8,11-14,20,24,27-28,30H,4,9-10,15-16H2,(H,38,42)/t24-,27+,28?,30?/m0/s1. The summed E-state index contributed by atoms with van der Waals surface area (Å²) in [5, 5.41) is 12.4. The van der Waals surface area contributed by atoms with Gasteiger partial charge in [0.25, 0.3) is 5.92 Å². The van der Waals surface area contributed by atoms with Crippen LogP contribution in [0.3, 0.4) is 0 Å². The van der Waals surface area contributed by atoms with Gasteiger partial charge in [0.05, 0.1) is 17.7 Å². The number of carbonyl (C=O) groups is 2. The quantitative estimate of drug-likeness (QED) is 0.338. The molecule has 2 unspecified atom stereocenters. The van der Waals surface area contributed by atoms with Crippen LogP contribution in [0, 0.1) is 17.1 Å². The lowest BCUT2D eigenvalue weighted by molar-refractivity contribution is -0.130. The number of ether oxygens (including phenoxy) is 1. The SMILES string of the molecule is N#Cc1ccnc(N2C(=O)CCC[C@H]2C2OC2N(c2cccc(F)c2)[C@@H](C(=O)NC2CC(F)(F)C2)c2ccccc2Cl)c1. The van der Waals surface area contributed by atoms with Crippen molar-refractivity contribution in [2.24, 2.45) is 0 Å². The molecule has 0 bridgehead atoms. The van der Waals surface area contributed by atoms with E-state index in [0.29, 0.717) is 35.5 Å². The van der Waals surface area contributed by atoms with E-state index in [0.717, 1.165) is 0 Å². The van der Waals surface area contributed by atoms with Gasteiger partial charge < -0.3 is 15.0 Å². The van der Waals surface area contributed by atoms with E-state index in [1.165, 1.54) is 35.4 Å². The Bertz CT molecular complexity index is 1590. The molecule has 2 amide bonds. The summed E-state index contributed by atoms with van der Waals surface area (Å²) in [6.45, 7) is 0. The molecule has 8 nitrogen and oxygen atoms in total. The zero-order chi connectivity index (χ0) is 30.3. The lowest BCUT2D eigenvalue weighted by Gasteiger charge is -2.39. The molecular formula is C31H27ClF3N5O3. The predicted octanol–water partition coefficient (Wildman–Crippen LogP) is 5.52. The third-order valence-electron chi connectivity index (χ3n) is 8.04. The van der Waals surface area contributed by atoms with Crippen molar-refractivity contribution >= 4 is 34.9 Å². The van der Waals surface area contributed by atoms with Gasteiger partial charge in [-0.05, 0) is 49.2 Å². The zero-order valence-electron chi connectivity index (χ0n) is 22.8. The molecule has 12 heteroatoms. The Morgan fingerprint density at radius 2 is 1.98 bits per heavy atom. The van der Waals surface area contributed by atoms with Crippen LogP contribution in [-0.2, 0) is 14.3 Å². The molecule has 3 aliphatic rings. The van der Waals surface area contributed by atoms with Gasteiger partial charge in [-0.15, -0.1) is 0 Å². The number of halogens is 4. The average molecular weight is 610 g/mol. The van der Waals surface area contributed by atoms with Gasteiger partial charge in [-0.2, -0.15) is 5.26 Å². The molecule has 1 aliphatic carbocycles. The van der Waals surface area contributed by atoms with Crippen LogP contribution in [0.25, 0.3) is 0 Å². The lowest BCUT2D eigenvalue weighted by Crippen LogP contribution is -2.54. The molecule has 3 heterocycles. The molecule has 4 atom stereocenters. The summed E-state index contributed by atoms with van der Waals surface area (Å²) >= 11 is 6.59. The van der Waals surface area contributed by atoms with Gasteiger partial charge in [-0.25, -0.2) is 18.2 Å². The Hall–Kier alpha value is -4.14. The number of carbonyl (C=O) groups excluding carboxylic acids is 2. The van der Waals surface area contributed by atoms with E-state index in [1.807, 2.05) is 0 Å².